The number of benzene rings is 4. The molecule has 43 heavy (non-hydrogen) atoms. The van der Waals surface area contributed by atoms with E-state index in [1.165, 1.54) is 29.0 Å². The molecule has 2 aliphatic rings. The van der Waals surface area contributed by atoms with Gasteiger partial charge in [0.15, 0.2) is 4.80 Å². The lowest BCUT2D eigenvalue weighted by Gasteiger charge is -2.30. The van der Waals surface area contributed by atoms with Crippen LogP contribution in [0, 0.1) is 5.82 Å². The van der Waals surface area contributed by atoms with Gasteiger partial charge < -0.3 is 9.72 Å². The van der Waals surface area contributed by atoms with Crippen molar-refractivity contribution in [1.82, 2.24) is 9.55 Å². The number of aromatic nitrogens is 2. The van der Waals surface area contributed by atoms with Gasteiger partial charge in [-0.2, -0.15) is 0 Å². The van der Waals surface area contributed by atoms with Gasteiger partial charge in [0.25, 0.3) is 5.56 Å². The zero-order valence-corrected chi connectivity index (χ0v) is 24.1. The van der Waals surface area contributed by atoms with E-state index in [4.69, 9.17) is 9.73 Å². The minimum absolute atomic E-state index is 0.111. The van der Waals surface area contributed by atoms with Crippen LogP contribution >= 0.6 is 11.3 Å². The number of thiazole rings is 1. The first kappa shape index (κ1) is 25.7. The second-order valence-corrected chi connectivity index (χ2v) is 11.9. The van der Waals surface area contributed by atoms with Gasteiger partial charge in [0.2, 0.25) is 0 Å². The Morgan fingerprint density at radius 2 is 1.77 bits per heavy atom. The number of nitrogens with zero attached hydrogens (tertiary/aromatic N) is 2. The summed E-state index contributed by atoms with van der Waals surface area (Å²) < 4.78 is 22.0. The van der Waals surface area contributed by atoms with Crippen LogP contribution in [0.3, 0.4) is 0 Å². The molecule has 210 valence electrons. The van der Waals surface area contributed by atoms with Gasteiger partial charge in [-0.05, 0) is 71.5 Å². The number of hydrogen-bond acceptors (Lipinski definition) is 4. The predicted octanol–water partition coefficient (Wildman–Crippen LogP) is 6.61. The van der Waals surface area contributed by atoms with E-state index < -0.39 is 0 Å². The van der Waals surface area contributed by atoms with Crippen molar-refractivity contribution in [1.29, 1.82) is 0 Å². The Morgan fingerprint density at radius 1 is 0.977 bits per heavy atom. The van der Waals surface area contributed by atoms with Crippen LogP contribution in [0.25, 0.3) is 33.9 Å². The molecular formula is C36H26FN3O2S. The van der Waals surface area contributed by atoms with Gasteiger partial charge >= 0.3 is 0 Å². The fraction of sp³-hybridized carbons (Fsp3) is 0.111. The molecule has 0 bridgehead atoms. The molecule has 0 radical (unpaired) electrons. The quantitative estimate of drug-likeness (QED) is 0.254. The van der Waals surface area contributed by atoms with E-state index in [9.17, 15) is 9.18 Å². The molecule has 0 saturated carbocycles. The van der Waals surface area contributed by atoms with Crippen molar-refractivity contribution in [3.63, 3.8) is 0 Å². The molecule has 8 rings (SSSR count). The molecule has 5 nitrogen and oxygen atoms in total. The van der Waals surface area contributed by atoms with Gasteiger partial charge in [-0.15, -0.1) is 0 Å². The summed E-state index contributed by atoms with van der Waals surface area (Å²) in [5.74, 6) is 0.437. The molecule has 0 spiro atoms. The number of nitrogens with one attached hydrogen (secondary N) is 1. The molecule has 0 saturated heterocycles. The number of rotatable bonds is 4. The maximum atomic E-state index is 14.4. The van der Waals surface area contributed by atoms with Crippen molar-refractivity contribution in [2.75, 3.05) is 7.11 Å². The van der Waals surface area contributed by atoms with Crippen molar-refractivity contribution >= 4 is 34.0 Å². The molecule has 2 aromatic heterocycles. The lowest BCUT2D eigenvalue weighted by atomic mass is 9.83. The molecule has 1 aliphatic heterocycles. The highest BCUT2D eigenvalue weighted by molar-refractivity contribution is 7.07. The topological polar surface area (TPSA) is 59.4 Å². The lowest BCUT2D eigenvalue weighted by Crippen LogP contribution is -2.38. The van der Waals surface area contributed by atoms with Gasteiger partial charge in [-0.3, -0.25) is 9.36 Å². The standard InChI is InChI=1S/C36H26FN3O2S/c1-42-25-16-18-30-28(19-25)29(32(38-30)22-8-3-2-4-9-22)20-31-35(41)40-34(23-11-14-24(37)15-12-23)27-17-13-21-7-5-6-10-26(21)33(27)39-36(40)43-31/h2-12,14-16,18-20,34,38H,13,17H2,1H3/b31-20+/t34-/m0/s1. The number of H-pyrrole nitrogens is 1. The second-order valence-electron chi connectivity index (χ2n) is 10.9. The number of aryl methyl sites for hydroxylation is 1. The molecule has 0 fully saturated rings. The number of hydrogen-bond donors (Lipinski definition) is 1. The molecule has 3 heterocycles. The number of halogens is 1. The smallest absolute Gasteiger partial charge is 0.271 e. The Bertz CT molecular complexity index is 2260. The Hall–Kier alpha value is -5.01. The third-order valence-corrected chi connectivity index (χ3v) is 9.43. The first-order valence-corrected chi connectivity index (χ1v) is 15.0. The highest BCUT2D eigenvalue weighted by Gasteiger charge is 2.32. The highest BCUT2D eigenvalue weighted by atomic mass is 32.1. The van der Waals surface area contributed by atoms with E-state index in [-0.39, 0.29) is 17.4 Å². The number of fused-ring (bicyclic) bond motifs is 4. The fourth-order valence-corrected chi connectivity index (χ4v) is 7.38. The zero-order chi connectivity index (χ0) is 29.1. The number of allylic oxidation sites excluding steroid dienone is 1. The van der Waals surface area contributed by atoms with Gasteiger partial charge in [0.05, 0.1) is 29.1 Å². The van der Waals surface area contributed by atoms with Crippen molar-refractivity contribution in [3.05, 3.63) is 150 Å². The van der Waals surface area contributed by atoms with Crippen LogP contribution in [-0.4, -0.2) is 16.7 Å². The van der Waals surface area contributed by atoms with Crippen molar-refractivity contribution < 1.29 is 9.13 Å². The van der Waals surface area contributed by atoms with E-state index in [2.05, 4.69) is 35.3 Å². The minimum atomic E-state index is -0.362. The monoisotopic (exact) mass is 583 g/mol. The molecule has 7 heteroatoms. The molecule has 6 aromatic rings. The SMILES string of the molecule is COc1ccc2[nH]c(-c3ccccc3)c(/C=c3/sc4n(c3=O)[C@@H](c3ccc(F)cc3)C3=C(N=4)c4ccccc4CC3)c2c1. The predicted molar refractivity (Wildman–Crippen MR) is 169 cm³/mol. The minimum Gasteiger partial charge on any atom is -0.497 e. The van der Waals surface area contributed by atoms with E-state index in [1.54, 1.807) is 23.8 Å². The summed E-state index contributed by atoms with van der Waals surface area (Å²) in [7, 11) is 1.65. The van der Waals surface area contributed by atoms with Gasteiger partial charge in [-0.1, -0.05) is 78.1 Å². The lowest BCUT2D eigenvalue weighted by molar-refractivity contribution is 0.415. The summed E-state index contributed by atoms with van der Waals surface area (Å²) in [5, 5.41) is 0.965. The Labute approximate surface area is 250 Å². The molecule has 1 N–H and O–H groups in total. The summed E-state index contributed by atoms with van der Waals surface area (Å²) in [6.45, 7) is 0. The van der Waals surface area contributed by atoms with E-state index in [0.29, 0.717) is 9.33 Å². The fourth-order valence-electron chi connectivity index (χ4n) is 6.40. The first-order chi connectivity index (χ1) is 21.1. The van der Waals surface area contributed by atoms with Crippen LogP contribution in [0.1, 0.15) is 34.7 Å². The second kappa shape index (κ2) is 10.1. The van der Waals surface area contributed by atoms with Crippen LogP contribution in [0.4, 0.5) is 4.39 Å². The van der Waals surface area contributed by atoms with Crippen LogP contribution in [0.15, 0.2) is 112 Å². The third kappa shape index (κ3) is 4.19. The summed E-state index contributed by atoms with van der Waals surface area (Å²) in [4.78, 5) is 23.7. The van der Waals surface area contributed by atoms with Crippen molar-refractivity contribution in [2.45, 2.75) is 18.9 Å². The Morgan fingerprint density at radius 3 is 2.58 bits per heavy atom. The highest BCUT2D eigenvalue weighted by Crippen LogP contribution is 2.41. The molecule has 0 amide bonds. The van der Waals surface area contributed by atoms with Crippen LogP contribution < -0.4 is 19.6 Å². The van der Waals surface area contributed by atoms with E-state index in [1.807, 2.05) is 48.5 Å². The molecular weight excluding hydrogens is 557 g/mol. The average molecular weight is 584 g/mol. The normalized spacial score (nSPS) is 16.0. The molecule has 1 aliphatic carbocycles. The number of methoxy groups -OCH3 is 1. The number of ether oxygens (including phenoxy) is 1. The third-order valence-electron chi connectivity index (χ3n) is 8.44. The molecule has 1 atom stereocenters. The number of aromatic amines is 1. The molecule has 0 unspecified atom stereocenters. The Balaban J connectivity index is 1.40. The van der Waals surface area contributed by atoms with Gasteiger partial charge in [0, 0.05) is 22.0 Å². The van der Waals surface area contributed by atoms with Gasteiger partial charge in [0.1, 0.15) is 11.6 Å². The van der Waals surface area contributed by atoms with Crippen molar-refractivity contribution in [2.24, 2.45) is 4.99 Å². The summed E-state index contributed by atoms with van der Waals surface area (Å²) >= 11 is 1.39. The first-order valence-electron chi connectivity index (χ1n) is 14.2. The molecule has 4 aromatic carbocycles. The summed E-state index contributed by atoms with van der Waals surface area (Å²) in [5.41, 5.74) is 8.94. The maximum absolute atomic E-state index is 14.4. The Kier molecular flexibility index (Phi) is 6.01. The van der Waals surface area contributed by atoms with Crippen LogP contribution in [0.5, 0.6) is 5.75 Å². The average Bonchev–Trinajstić information content (AvgIpc) is 3.57. The largest absolute Gasteiger partial charge is 0.497 e. The maximum Gasteiger partial charge on any atom is 0.271 e. The van der Waals surface area contributed by atoms with Crippen LogP contribution in [-0.2, 0) is 6.42 Å². The van der Waals surface area contributed by atoms with Gasteiger partial charge in [-0.25, -0.2) is 9.38 Å². The van der Waals surface area contributed by atoms with E-state index >= 15 is 0 Å². The summed E-state index contributed by atoms with van der Waals surface area (Å²) in [6.07, 6.45) is 3.62. The van der Waals surface area contributed by atoms with E-state index in [0.717, 1.165) is 68.7 Å². The van der Waals surface area contributed by atoms with Crippen molar-refractivity contribution in [3.8, 4) is 17.0 Å². The zero-order valence-electron chi connectivity index (χ0n) is 23.3. The summed E-state index contributed by atoms with van der Waals surface area (Å²) in [6, 6.07) is 30.5. The van der Waals surface area contributed by atoms with Crippen LogP contribution in [0.2, 0.25) is 0 Å².